The van der Waals surface area contributed by atoms with Crippen LogP contribution in [0.3, 0.4) is 0 Å². The van der Waals surface area contributed by atoms with Crippen LogP contribution in [0.25, 0.3) is 0 Å². The van der Waals surface area contributed by atoms with Crippen molar-refractivity contribution < 1.29 is 9.59 Å². The predicted molar refractivity (Wildman–Crippen MR) is 112 cm³/mol. The number of carbonyl (C=O) groups is 2. The molecule has 3 rings (SSSR count). The Morgan fingerprint density at radius 1 is 1.04 bits per heavy atom. The molecule has 0 aromatic heterocycles. The molecule has 0 saturated carbocycles. The SMILES string of the molecule is CC(C)(C)N1CC[C@H](C(=O)N2CCN(C(=O)CCc3ccccc3Cl)CC2)C1. The van der Waals surface area contributed by atoms with Crippen LogP contribution in [0.5, 0.6) is 0 Å². The Morgan fingerprint density at radius 2 is 1.68 bits per heavy atom. The van der Waals surface area contributed by atoms with Crippen LogP contribution in [0, 0.1) is 5.92 Å². The van der Waals surface area contributed by atoms with Crippen molar-refractivity contribution in [1.82, 2.24) is 14.7 Å². The van der Waals surface area contributed by atoms with Gasteiger partial charge in [-0.3, -0.25) is 14.5 Å². The highest BCUT2D eigenvalue weighted by Crippen LogP contribution is 2.26. The number of nitrogens with zero attached hydrogens (tertiary/aromatic N) is 3. The number of aryl methyl sites for hydroxylation is 1. The Balaban J connectivity index is 1.44. The van der Waals surface area contributed by atoms with Gasteiger partial charge in [0.05, 0.1) is 5.92 Å². The minimum atomic E-state index is 0.0988. The summed E-state index contributed by atoms with van der Waals surface area (Å²) in [7, 11) is 0. The molecule has 2 amide bonds. The van der Waals surface area contributed by atoms with E-state index in [4.69, 9.17) is 11.6 Å². The smallest absolute Gasteiger partial charge is 0.227 e. The highest BCUT2D eigenvalue weighted by atomic mass is 35.5. The molecule has 2 aliphatic heterocycles. The highest BCUT2D eigenvalue weighted by Gasteiger charge is 2.36. The van der Waals surface area contributed by atoms with Crippen LogP contribution in [-0.2, 0) is 16.0 Å². The Kier molecular flexibility index (Phi) is 6.66. The van der Waals surface area contributed by atoms with E-state index in [1.54, 1.807) is 0 Å². The summed E-state index contributed by atoms with van der Waals surface area (Å²) in [6, 6.07) is 7.67. The topological polar surface area (TPSA) is 43.9 Å². The summed E-state index contributed by atoms with van der Waals surface area (Å²) in [5.74, 6) is 0.503. The van der Waals surface area contributed by atoms with Crippen molar-refractivity contribution in [2.45, 2.75) is 45.6 Å². The molecule has 2 aliphatic rings. The molecule has 0 bridgehead atoms. The number of benzene rings is 1. The van der Waals surface area contributed by atoms with Crippen LogP contribution in [0.2, 0.25) is 5.02 Å². The van der Waals surface area contributed by atoms with Crippen LogP contribution < -0.4 is 0 Å². The predicted octanol–water partition coefficient (Wildman–Crippen LogP) is 3.06. The molecule has 2 heterocycles. The quantitative estimate of drug-likeness (QED) is 0.773. The Morgan fingerprint density at radius 3 is 2.29 bits per heavy atom. The number of rotatable bonds is 4. The molecule has 2 fully saturated rings. The van der Waals surface area contributed by atoms with Gasteiger partial charge >= 0.3 is 0 Å². The Labute approximate surface area is 173 Å². The van der Waals surface area contributed by atoms with E-state index < -0.39 is 0 Å². The fourth-order valence-corrected chi connectivity index (χ4v) is 4.34. The summed E-state index contributed by atoms with van der Waals surface area (Å²) < 4.78 is 0. The average molecular weight is 406 g/mol. The largest absolute Gasteiger partial charge is 0.339 e. The monoisotopic (exact) mass is 405 g/mol. The highest BCUT2D eigenvalue weighted by molar-refractivity contribution is 6.31. The van der Waals surface area contributed by atoms with Gasteiger partial charge in [-0.1, -0.05) is 29.8 Å². The van der Waals surface area contributed by atoms with E-state index in [-0.39, 0.29) is 23.3 Å². The van der Waals surface area contributed by atoms with Crippen LogP contribution in [-0.4, -0.2) is 71.3 Å². The molecular formula is C22H32ClN3O2. The van der Waals surface area contributed by atoms with E-state index in [0.29, 0.717) is 44.0 Å². The number of amides is 2. The maximum atomic E-state index is 12.9. The van der Waals surface area contributed by atoms with Crippen molar-refractivity contribution in [3.63, 3.8) is 0 Å². The first-order chi connectivity index (χ1) is 13.3. The van der Waals surface area contributed by atoms with Gasteiger partial charge in [0.1, 0.15) is 0 Å². The summed E-state index contributed by atoms with van der Waals surface area (Å²) in [5, 5.41) is 0.714. The molecule has 0 spiro atoms. The number of carbonyl (C=O) groups excluding carboxylic acids is 2. The molecule has 2 saturated heterocycles. The van der Waals surface area contributed by atoms with Gasteiger partial charge < -0.3 is 9.80 Å². The number of hydrogen-bond donors (Lipinski definition) is 0. The van der Waals surface area contributed by atoms with E-state index >= 15 is 0 Å². The summed E-state index contributed by atoms with van der Waals surface area (Å²) in [4.78, 5) is 31.7. The number of halogens is 1. The molecule has 1 aromatic rings. The van der Waals surface area contributed by atoms with Crippen molar-refractivity contribution in [1.29, 1.82) is 0 Å². The Hall–Kier alpha value is -1.59. The molecule has 28 heavy (non-hydrogen) atoms. The fourth-order valence-electron chi connectivity index (χ4n) is 4.11. The van der Waals surface area contributed by atoms with Gasteiger partial charge in [0.15, 0.2) is 0 Å². The van der Waals surface area contributed by atoms with Gasteiger partial charge in [0.2, 0.25) is 11.8 Å². The summed E-state index contributed by atoms with van der Waals surface area (Å²) >= 11 is 6.18. The zero-order valence-electron chi connectivity index (χ0n) is 17.3. The second-order valence-electron chi connectivity index (χ2n) is 8.90. The van der Waals surface area contributed by atoms with Crippen LogP contribution in [0.15, 0.2) is 24.3 Å². The lowest BCUT2D eigenvalue weighted by molar-refractivity contribution is -0.142. The van der Waals surface area contributed by atoms with E-state index in [1.165, 1.54) is 0 Å². The molecule has 1 aromatic carbocycles. The first-order valence-corrected chi connectivity index (χ1v) is 10.7. The maximum absolute atomic E-state index is 12.9. The van der Waals surface area contributed by atoms with Crippen LogP contribution >= 0.6 is 11.6 Å². The average Bonchev–Trinajstić information content (AvgIpc) is 3.17. The standard InChI is InChI=1S/C22H32ClN3O2/c1-22(2,3)26-11-10-18(16-26)21(28)25-14-12-24(13-15-25)20(27)9-8-17-6-4-5-7-19(17)23/h4-7,18H,8-16H2,1-3H3/t18-/m0/s1. The molecule has 154 valence electrons. The van der Waals surface area contributed by atoms with Crippen LogP contribution in [0.4, 0.5) is 0 Å². The summed E-state index contributed by atoms with van der Waals surface area (Å²) in [6.07, 6.45) is 2.05. The molecular weight excluding hydrogens is 374 g/mol. The van der Waals surface area contributed by atoms with Crippen molar-refractivity contribution in [2.75, 3.05) is 39.3 Å². The van der Waals surface area contributed by atoms with Gasteiger partial charge in [-0.15, -0.1) is 0 Å². The minimum absolute atomic E-state index is 0.0988. The van der Waals surface area contributed by atoms with E-state index in [1.807, 2.05) is 34.1 Å². The van der Waals surface area contributed by atoms with Gasteiger partial charge in [0.25, 0.3) is 0 Å². The summed E-state index contributed by atoms with van der Waals surface area (Å²) in [6.45, 7) is 11.0. The fraction of sp³-hybridized carbons (Fsp3) is 0.636. The summed E-state index contributed by atoms with van der Waals surface area (Å²) in [5.41, 5.74) is 1.12. The third kappa shape index (κ3) is 5.06. The van der Waals surface area contributed by atoms with Gasteiger partial charge in [-0.2, -0.15) is 0 Å². The lowest BCUT2D eigenvalue weighted by atomic mass is 10.1. The number of hydrogen-bond acceptors (Lipinski definition) is 3. The van der Waals surface area contributed by atoms with Crippen LogP contribution in [0.1, 0.15) is 39.2 Å². The van der Waals surface area contributed by atoms with Gasteiger partial charge in [-0.25, -0.2) is 0 Å². The molecule has 5 nitrogen and oxygen atoms in total. The zero-order chi connectivity index (χ0) is 20.3. The first-order valence-electron chi connectivity index (χ1n) is 10.3. The maximum Gasteiger partial charge on any atom is 0.227 e. The molecule has 0 N–H and O–H groups in total. The molecule has 0 unspecified atom stereocenters. The molecule has 6 heteroatoms. The molecule has 1 atom stereocenters. The van der Waals surface area contributed by atoms with Gasteiger partial charge in [0, 0.05) is 49.7 Å². The van der Waals surface area contributed by atoms with Crippen molar-refractivity contribution in [3.05, 3.63) is 34.9 Å². The second kappa shape index (κ2) is 8.83. The Bertz CT molecular complexity index is 708. The zero-order valence-corrected chi connectivity index (χ0v) is 18.0. The van der Waals surface area contributed by atoms with Crippen molar-refractivity contribution >= 4 is 23.4 Å². The normalized spacial score (nSPS) is 21.2. The van der Waals surface area contributed by atoms with E-state index in [9.17, 15) is 9.59 Å². The lowest BCUT2D eigenvalue weighted by Crippen LogP contribution is -2.52. The lowest BCUT2D eigenvalue weighted by Gasteiger charge is -2.36. The molecule has 0 radical (unpaired) electrons. The van der Waals surface area contributed by atoms with E-state index in [0.717, 1.165) is 25.1 Å². The number of likely N-dealkylation sites (tertiary alicyclic amines) is 1. The molecule has 0 aliphatic carbocycles. The minimum Gasteiger partial charge on any atom is -0.339 e. The third-order valence-corrected chi connectivity index (χ3v) is 6.36. The second-order valence-corrected chi connectivity index (χ2v) is 9.31. The van der Waals surface area contributed by atoms with E-state index in [2.05, 4.69) is 25.7 Å². The third-order valence-electron chi connectivity index (χ3n) is 6.00. The van der Waals surface area contributed by atoms with Crippen molar-refractivity contribution in [2.24, 2.45) is 5.92 Å². The number of piperazine rings is 1. The van der Waals surface area contributed by atoms with Gasteiger partial charge in [-0.05, 0) is 51.8 Å². The first kappa shape index (κ1) is 21.1. The van der Waals surface area contributed by atoms with Crippen molar-refractivity contribution in [3.8, 4) is 0 Å².